The molecule has 4 rings (SSSR count). The summed E-state index contributed by atoms with van der Waals surface area (Å²) in [5.41, 5.74) is 0.556. The summed E-state index contributed by atoms with van der Waals surface area (Å²) in [7, 11) is 1.50. The van der Waals surface area contributed by atoms with E-state index in [1.54, 1.807) is 24.3 Å². The molecule has 0 aliphatic heterocycles. The maximum atomic E-state index is 12.9. The number of rotatable bonds is 5. The zero-order chi connectivity index (χ0) is 22.0. The molecule has 4 aromatic rings. The van der Waals surface area contributed by atoms with Crippen molar-refractivity contribution in [2.45, 2.75) is 13.1 Å². The molecule has 9 heteroatoms. The standard InChI is InChI=1S/C22H18ClN5O3/c1-27-20-17(12-25-19(26-20)15-7-9-16(23)10-8-15)21(30)28(22(27)31)13-18(29)24-11-14-5-3-2-4-6-14/h2-10,12H,11,13H2,1H3,(H,24,29). The van der Waals surface area contributed by atoms with Crippen molar-refractivity contribution >= 4 is 28.5 Å². The maximum Gasteiger partial charge on any atom is 0.332 e. The minimum atomic E-state index is -0.631. The molecule has 0 unspecified atom stereocenters. The predicted octanol–water partition coefficient (Wildman–Crippen LogP) is 2.13. The van der Waals surface area contributed by atoms with Crippen LogP contribution in [0.3, 0.4) is 0 Å². The lowest BCUT2D eigenvalue weighted by atomic mass is 10.2. The molecule has 0 bridgehead atoms. The van der Waals surface area contributed by atoms with Crippen molar-refractivity contribution in [3.05, 3.63) is 92.2 Å². The van der Waals surface area contributed by atoms with E-state index in [1.807, 2.05) is 30.3 Å². The van der Waals surface area contributed by atoms with E-state index in [2.05, 4.69) is 15.3 Å². The topological polar surface area (TPSA) is 98.9 Å². The van der Waals surface area contributed by atoms with Crippen LogP contribution in [-0.4, -0.2) is 25.0 Å². The smallest absolute Gasteiger partial charge is 0.332 e. The zero-order valence-corrected chi connectivity index (χ0v) is 17.3. The monoisotopic (exact) mass is 435 g/mol. The molecule has 1 amide bonds. The van der Waals surface area contributed by atoms with Gasteiger partial charge in [0.25, 0.3) is 5.56 Å². The first-order valence-electron chi connectivity index (χ1n) is 9.47. The normalized spacial score (nSPS) is 10.9. The Morgan fingerprint density at radius 2 is 1.77 bits per heavy atom. The van der Waals surface area contributed by atoms with E-state index in [9.17, 15) is 14.4 Å². The number of benzene rings is 2. The summed E-state index contributed by atoms with van der Waals surface area (Å²) in [5, 5.41) is 3.44. The van der Waals surface area contributed by atoms with Crippen LogP contribution in [0, 0.1) is 0 Å². The first-order chi connectivity index (χ1) is 14.9. The van der Waals surface area contributed by atoms with Gasteiger partial charge < -0.3 is 5.32 Å². The van der Waals surface area contributed by atoms with Crippen molar-refractivity contribution in [2.75, 3.05) is 0 Å². The number of aryl methyl sites for hydroxylation is 1. The van der Waals surface area contributed by atoms with Gasteiger partial charge in [0.1, 0.15) is 11.9 Å². The Kier molecular flexibility index (Phi) is 5.64. The lowest BCUT2D eigenvalue weighted by Crippen LogP contribution is -2.43. The summed E-state index contributed by atoms with van der Waals surface area (Å²) >= 11 is 5.91. The molecule has 0 aliphatic carbocycles. The van der Waals surface area contributed by atoms with E-state index >= 15 is 0 Å². The van der Waals surface area contributed by atoms with Crippen LogP contribution in [0.5, 0.6) is 0 Å². The molecule has 0 fully saturated rings. The summed E-state index contributed by atoms with van der Waals surface area (Å²) in [6.45, 7) is -0.0941. The third-order valence-corrected chi connectivity index (χ3v) is 5.07. The van der Waals surface area contributed by atoms with Gasteiger partial charge in [0.2, 0.25) is 5.91 Å². The Morgan fingerprint density at radius 3 is 2.48 bits per heavy atom. The molecule has 0 saturated carbocycles. The summed E-state index contributed by atoms with van der Waals surface area (Å²) in [6.07, 6.45) is 1.37. The van der Waals surface area contributed by atoms with E-state index in [0.29, 0.717) is 23.0 Å². The number of nitrogens with zero attached hydrogens (tertiary/aromatic N) is 4. The molecule has 0 atom stereocenters. The number of fused-ring (bicyclic) bond motifs is 1. The van der Waals surface area contributed by atoms with Crippen LogP contribution in [0.15, 0.2) is 70.4 Å². The number of carbonyl (C=O) groups is 1. The molecule has 0 aliphatic rings. The van der Waals surface area contributed by atoms with Crippen molar-refractivity contribution in [1.29, 1.82) is 0 Å². The van der Waals surface area contributed by atoms with Crippen molar-refractivity contribution in [3.63, 3.8) is 0 Å². The third kappa shape index (κ3) is 4.24. The quantitative estimate of drug-likeness (QED) is 0.517. The Bertz CT molecular complexity index is 1380. The first-order valence-corrected chi connectivity index (χ1v) is 9.85. The van der Waals surface area contributed by atoms with E-state index in [0.717, 1.165) is 10.1 Å². The van der Waals surface area contributed by atoms with Crippen LogP contribution in [0.25, 0.3) is 22.4 Å². The lowest BCUT2D eigenvalue weighted by molar-refractivity contribution is -0.121. The molecule has 1 N–H and O–H groups in total. The van der Waals surface area contributed by atoms with Crippen molar-refractivity contribution in [3.8, 4) is 11.4 Å². The van der Waals surface area contributed by atoms with E-state index in [4.69, 9.17) is 11.6 Å². The number of carbonyl (C=O) groups excluding carboxylic acids is 1. The van der Waals surface area contributed by atoms with Crippen LogP contribution < -0.4 is 16.6 Å². The Labute approximate surface area is 181 Å². The highest BCUT2D eigenvalue weighted by Crippen LogP contribution is 2.19. The number of aromatic nitrogens is 4. The number of hydrogen-bond donors (Lipinski definition) is 1. The van der Waals surface area contributed by atoms with Gasteiger partial charge in [-0.1, -0.05) is 41.9 Å². The fourth-order valence-electron chi connectivity index (χ4n) is 3.16. The average Bonchev–Trinajstić information content (AvgIpc) is 2.80. The predicted molar refractivity (Wildman–Crippen MR) is 118 cm³/mol. The van der Waals surface area contributed by atoms with Crippen LogP contribution in [0.2, 0.25) is 5.02 Å². The molecular weight excluding hydrogens is 418 g/mol. The number of amides is 1. The van der Waals surface area contributed by atoms with Crippen molar-refractivity contribution < 1.29 is 4.79 Å². The lowest BCUT2D eigenvalue weighted by Gasteiger charge is -2.11. The maximum absolute atomic E-state index is 12.9. The van der Waals surface area contributed by atoms with Crippen molar-refractivity contribution in [2.24, 2.45) is 7.05 Å². The molecule has 0 saturated heterocycles. The van der Waals surface area contributed by atoms with Crippen LogP contribution in [0.4, 0.5) is 0 Å². The zero-order valence-electron chi connectivity index (χ0n) is 16.6. The minimum absolute atomic E-state index is 0.149. The molecule has 8 nitrogen and oxygen atoms in total. The van der Waals surface area contributed by atoms with Crippen LogP contribution >= 0.6 is 11.6 Å². The molecular formula is C22H18ClN5O3. The van der Waals surface area contributed by atoms with Gasteiger partial charge in [-0.2, -0.15) is 0 Å². The largest absolute Gasteiger partial charge is 0.350 e. The van der Waals surface area contributed by atoms with Gasteiger partial charge in [0.15, 0.2) is 11.5 Å². The fourth-order valence-corrected chi connectivity index (χ4v) is 3.28. The third-order valence-electron chi connectivity index (χ3n) is 4.82. The fraction of sp³-hybridized carbons (Fsp3) is 0.136. The van der Waals surface area contributed by atoms with Crippen LogP contribution in [0.1, 0.15) is 5.56 Å². The SMILES string of the molecule is Cn1c(=O)n(CC(=O)NCc2ccccc2)c(=O)c2cnc(-c3ccc(Cl)cc3)nc21. The molecule has 31 heavy (non-hydrogen) atoms. The summed E-state index contributed by atoms with van der Waals surface area (Å²) in [5.74, 6) is -0.0852. The van der Waals surface area contributed by atoms with Gasteiger partial charge >= 0.3 is 5.69 Å². The highest BCUT2D eigenvalue weighted by atomic mass is 35.5. The second kappa shape index (κ2) is 8.53. The first kappa shape index (κ1) is 20.5. The second-order valence-corrected chi connectivity index (χ2v) is 7.37. The van der Waals surface area contributed by atoms with Gasteiger partial charge in [-0.15, -0.1) is 0 Å². The number of halogens is 1. The van der Waals surface area contributed by atoms with Gasteiger partial charge in [-0.25, -0.2) is 14.8 Å². The van der Waals surface area contributed by atoms with E-state index < -0.39 is 23.7 Å². The van der Waals surface area contributed by atoms with Gasteiger partial charge in [-0.05, 0) is 29.8 Å². The Hall–Kier alpha value is -3.78. The molecule has 0 radical (unpaired) electrons. The molecule has 2 aromatic carbocycles. The molecule has 0 spiro atoms. The highest BCUT2D eigenvalue weighted by molar-refractivity contribution is 6.30. The Balaban J connectivity index is 1.65. The minimum Gasteiger partial charge on any atom is -0.350 e. The highest BCUT2D eigenvalue weighted by Gasteiger charge is 2.16. The molecule has 2 heterocycles. The molecule has 2 aromatic heterocycles. The van der Waals surface area contributed by atoms with E-state index in [-0.39, 0.29) is 11.0 Å². The second-order valence-electron chi connectivity index (χ2n) is 6.93. The average molecular weight is 436 g/mol. The number of nitrogens with one attached hydrogen (secondary N) is 1. The Morgan fingerprint density at radius 1 is 1.06 bits per heavy atom. The molecule has 156 valence electrons. The van der Waals surface area contributed by atoms with Gasteiger partial charge in [-0.3, -0.25) is 18.7 Å². The van der Waals surface area contributed by atoms with E-state index in [1.165, 1.54) is 17.8 Å². The van der Waals surface area contributed by atoms with Gasteiger partial charge in [0, 0.05) is 30.4 Å². The van der Waals surface area contributed by atoms with Crippen molar-refractivity contribution in [1.82, 2.24) is 24.4 Å². The summed E-state index contributed by atoms with van der Waals surface area (Å²) in [4.78, 5) is 46.6. The summed E-state index contributed by atoms with van der Waals surface area (Å²) in [6, 6.07) is 16.3. The summed E-state index contributed by atoms with van der Waals surface area (Å²) < 4.78 is 2.12. The van der Waals surface area contributed by atoms with Gasteiger partial charge in [0.05, 0.1) is 0 Å². The number of hydrogen-bond acceptors (Lipinski definition) is 5. The van der Waals surface area contributed by atoms with Crippen LogP contribution in [-0.2, 0) is 24.9 Å².